The lowest BCUT2D eigenvalue weighted by molar-refractivity contribution is 0.627. The minimum atomic E-state index is -0.295. The summed E-state index contributed by atoms with van der Waals surface area (Å²) in [5.41, 5.74) is 1.13. The van der Waals surface area contributed by atoms with Crippen molar-refractivity contribution in [2.75, 3.05) is 0 Å². The molecule has 0 aliphatic heterocycles. The lowest BCUT2D eigenvalue weighted by Crippen LogP contribution is -2.06. The Labute approximate surface area is 95.4 Å². The van der Waals surface area contributed by atoms with Crippen LogP contribution in [0.15, 0.2) is 47.7 Å². The molecule has 0 aliphatic carbocycles. The SMILES string of the molecule is O=c1[nH]cnc2c1ccn2-c1ccc(F)cc1. The molecule has 0 amide bonds. The van der Waals surface area contributed by atoms with E-state index in [0.717, 1.165) is 5.69 Å². The fourth-order valence-electron chi connectivity index (χ4n) is 1.77. The maximum Gasteiger partial charge on any atom is 0.260 e. The van der Waals surface area contributed by atoms with Crippen LogP contribution in [-0.2, 0) is 0 Å². The molecule has 3 rings (SSSR count). The number of rotatable bonds is 1. The monoisotopic (exact) mass is 229 g/mol. The highest BCUT2D eigenvalue weighted by Gasteiger charge is 2.06. The van der Waals surface area contributed by atoms with E-state index in [1.807, 2.05) is 0 Å². The molecule has 0 bridgehead atoms. The van der Waals surface area contributed by atoms with Crippen LogP contribution in [-0.4, -0.2) is 14.5 Å². The van der Waals surface area contributed by atoms with Crippen molar-refractivity contribution in [1.29, 1.82) is 0 Å². The zero-order valence-corrected chi connectivity index (χ0v) is 8.72. The van der Waals surface area contributed by atoms with Gasteiger partial charge in [0.1, 0.15) is 5.82 Å². The molecule has 0 saturated carbocycles. The van der Waals surface area contributed by atoms with Crippen LogP contribution in [0, 0.1) is 5.82 Å². The Kier molecular flexibility index (Phi) is 2.04. The second-order valence-electron chi connectivity index (χ2n) is 3.63. The van der Waals surface area contributed by atoms with E-state index in [1.54, 1.807) is 29.0 Å². The summed E-state index contributed by atoms with van der Waals surface area (Å²) in [7, 11) is 0. The van der Waals surface area contributed by atoms with Gasteiger partial charge < -0.3 is 9.55 Å². The standard InChI is InChI=1S/C12H8FN3O/c13-8-1-3-9(4-2-8)16-6-5-10-11(16)14-7-15-12(10)17/h1-7H,(H,14,15,17). The summed E-state index contributed by atoms with van der Waals surface area (Å²) in [6, 6.07) is 7.70. The van der Waals surface area contributed by atoms with Crippen molar-refractivity contribution in [1.82, 2.24) is 14.5 Å². The number of benzene rings is 1. The molecule has 84 valence electrons. The third kappa shape index (κ3) is 1.52. The van der Waals surface area contributed by atoms with E-state index in [1.165, 1.54) is 18.5 Å². The molecule has 2 aromatic heterocycles. The van der Waals surface area contributed by atoms with Gasteiger partial charge >= 0.3 is 0 Å². The number of hydrogen-bond donors (Lipinski definition) is 1. The van der Waals surface area contributed by atoms with Crippen LogP contribution in [0.4, 0.5) is 4.39 Å². The minimum Gasteiger partial charge on any atom is -0.313 e. The number of halogens is 1. The number of nitrogens with zero attached hydrogens (tertiary/aromatic N) is 2. The average molecular weight is 229 g/mol. The predicted octanol–water partition coefficient (Wildman–Crippen LogP) is 1.85. The molecule has 1 aromatic carbocycles. The van der Waals surface area contributed by atoms with Gasteiger partial charge in [-0.3, -0.25) is 4.79 Å². The van der Waals surface area contributed by atoms with Crippen molar-refractivity contribution in [3.8, 4) is 5.69 Å². The van der Waals surface area contributed by atoms with Gasteiger partial charge in [0.15, 0.2) is 5.65 Å². The van der Waals surface area contributed by atoms with Crippen LogP contribution in [0.3, 0.4) is 0 Å². The Bertz CT molecular complexity index is 727. The molecule has 5 heteroatoms. The lowest BCUT2D eigenvalue weighted by atomic mass is 10.3. The molecule has 3 aromatic rings. The first-order chi connectivity index (χ1) is 8.25. The fourth-order valence-corrected chi connectivity index (χ4v) is 1.77. The number of hydrogen-bond acceptors (Lipinski definition) is 2. The van der Waals surface area contributed by atoms with Crippen LogP contribution in [0.25, 0.3) is 16.7 Å². The Morgan fingerprint density at radius 2 is 1.94 bits per heavy atom. The second kappa shape index (κ2) is 3.55. The summed E-state index contributed by atoms with van der Waals surface area (Å²) in [6.07, 6.45) is 3.09. The maximum absolute atomic E-state index is 12.8. The lowest BCUT2D eigenvalue weighted by Gasteiger charge is -2.03. The first-order valence-electron chi connectivity index (χ1n) is 5.06. The molecule has 0 atom stereocenters. The second-order valence-corrected chi connectivity index (χ2v) is 3.63. The Morgan fingerprint density at radius 3 is 2.71 bits per heavy atom. The molecular formula is C12H8FN3O. The molecule has 0 fully saturated rings. The summed E-state index contributed by atoms with van der Waals surface area (Å²) in [5.74, 6) is -0.295. The molecular weight excluding hydrogens is 221 g/mol. The van der Waals surface area contributed by atoms with Crippen molar-refractivity contribution in [3.63, 3.8) is 0 Å². The van der Waals surface area contributed by atoms with Crippen LogP contribution in [0.1, 0.15) is 0 Å². The number of aromatic amines is 1. The Hall–Kier alpha value is -2.43. The third-order valence-corrected chi connectivity index (χ3v) is 2.59. The zero-order chi connectivity index (χ0) is 11.8. The smallest absolute Gasteiger partial charge is 0.260 e. The van der Waals surface area contributed by atoms with Crippen LogP contribution in [0.5, 0.6) is 0 Å². The van der Waals surface area contributed by atoms with Gasteiger partial charge in [-0.1, -0.05) is 0 Å². The summed E-state index contributed by atoms with van der Waals surface area (Å²) in [4.78, 5) is 18.1. The largest absolute Gasteiger partial charge is 0.313 e. The molecule has 0 spiro atoms. The highest BCUT2D eigenvalue weighted by Crippen LogP contribution is 2.15. The van der Waals surface area contributed by atoms with E-state index in [9.17, 15) is 9.18 Å². The highest BCUT2D eigenvalue weighted by atomic mass is 19.1. The first-order valence-corrected chi connectivity index (χ1v) is 5.06. The number of nitrogens with one attached hydrogen (secondary N) is 1. The van der Waals surface area contributed by atoms with E-state index in [4.69, 9.17) is 0 Å². The van der Waals surface area contributed by atoms with Gasteiger partial charge in [0.25, 0.3) is 5.56 Å². The predicted molar refractivity (Wildman–Crippen MR) is 61.6 cm³/mol. The van der Waals surface area contributed by atoms with E-state index in [0.29, 0.717) is 11.0 Å². The molecule has 0 radical (unpaired) electrons. The van der Waals surface area contributed by atoms with Gasteiger partial charge in [-0.05, 0) is 30.3 Å². The van der Waals surface area contributed by atoms with Gasteiger partial charge in [0.2, 0.25) is 0 Å². The Morgan fingerprint density at radius 1 is 1.18 bits per heavy atom. The van der Waals surface area contributed by atoms with Crippen LogP contribution in [0.2, 0.25) is 0 Å². The highest BCUT2D eigenvalue weighted by molar-refractivity contribution is 5.76. The number of fused-ring (bicyclic) bond motifs is 1. The third-order valence-electron chi connectivity index (χ3n) is 2.59. The van der Waals surface area contributed by atoms with Gasteiger partial charge in [-0.15, -0.1) is 0 Å². The molecule has 17 heavy (non-hydrogen) atoms. The number of H-pyrrole nitrogens is 1. The van der Waals surface area contributed by atoms with Gasteiger partial charge in [0, 0.05) is 11.9 Å². The molecule has 0 unspecified atom stereocenters. The molecule has 0 aliphatic rings. The molecule has 4 nitrogen and oxygen atoms in total. The quantitative estimate of drug-likeness (QED) is 0.692. The van der Waals surface area contributed by atoms with Gasteiger partial charge in [-0.2, -0.15) is 0 Å². The summed E-state index contributed by atoms with van der Waals surface area (Å²) >= 11 is 0. The summed E-state index contributed by atoms with van der Waals surface area (Å²) in [6.45, 7) is 0. The minimum absolute atomic E-state index is 0.184. The first kappa shape index (κ1) is 9.77. The van der Waals surface area contributed by atoms with Gasteiger partial charge in [0.05, 0.1) is 11.7 Å². The van der Waals surface area contributed by atoms with Crippen LogP contribution < -0.4 is 5.56 Å². The van der Waals surface area contributed by atoms with E-state index in [-0.39, 0.29) is 11.4 Å². The zero-order valence-electron chi connectivity index (χ0n) is 8.72. The van der Waals surface area contributed by atoms with E-state index < -0.39 is 0 Å². The molecule has 2 heterocycles. The normalized spacial score (nSPS) is 10.9. The summed E-state index contributed by atoms with van der Waals surface area (Å²) in [5, 5.41) is 0.511. The summed E-state index contributed by atoms with van der Waals surface area (Å²) < 4.78 is 14.6. The Balaban J connectivity index is 2.28. The maximum atomic E-state index is 12.8. The van der Waals surface area contributed by atoms with Crippen molar-refractivity contribution >= 4 is 11.0 Å². The topological polar surface area (TPSA) is 50.7 Å². The van der Waals surface area contributed by atoms with Crippen molar-refractivity contribution in [3.05, 3.63) is 59.0 Å². The van der Waals surface area contributed by atoms with Crippen molar-refractivity contribution < 1.29 is 4.39 Å². The van der Waals surface area contributed by atoms with Crippen molar-refractivity contribution in [2.45, 2.75) is 0 Å². The van der Waals surface area contributed by atoms with Gasteiger partial charge in [-0.25, -0.2) is 9.37 Å². The number of aromatic nitrogens is 3. The average Bonchev–Trinajstić information content (AvgIpc) is 2.75. The molecule has 1 N–H and O–H groups in total. The van der Waals surface area contributed by atoms with Crippen LogP contribution >= 0.6 is 0 Å². The van der Waals surface area contributed by atoms with E-state index >= 15 is 0 Å². The molecule has 0 saturated heterocycles. The van der Waals surface area contributed by atoms with Crippen molar-refractivity contribution in [2.24, 2.45) is 0 Å². The van der Waals surface area contributed by atoms with E-state index in [2.05, 4.69) is 9.97 Å². The fraction of sp³-hybridized carbons (Fsp3) is 0.